The first-order chi connectivity index (χ1) is 16.6. The molecule has 180 valence electrons. The number of benzene rings is 2. The van der Waals surface area contributed by atoms with Gasteiger partial charge in [-0.05, 0) is 118 Å². The minimum Gasteiger partial charge on any atom is -0.378 e. The molecule has 3 heteroatoms. The summed E-state index contributed by atoms with van der Waals surface area (Å²) < 4.78 is 35.1. The number of halogens is 2. The van der Waals surface area contributed by atoms with Crippen LogP contribution in [0, 0.1) is 35.3 Å². The van der Waals surface area contributed by atoms with Crippen molar-refractivity contribution in [3.8, 4) is 11.8 Å². The molecule has 0 N–H and O–H groups in total. The van der Waals surface area contributed by atoms with Gasteiger partial charge in [-0.25, -0.2) is 8.78 Å². The summed E-state index contributed by atoms with van der Waals surface area (Å²) in [5.74, 6) is 7.21. The summed E-state index contributed by atoms with van der Waals surface area (Å²) in [5, 5.41) is 0. The van der Waals surface area contributed by atoms with Crippen molar-refractivity contribution in [2.24, 2.45) is 11.8 Å². The van der Waals surface area contributed by atoms with Gasteiger partial charge in [0.2, 0.25) is 0 Å². The predicted octanol–water partition coefficient (Wildman–Crippen LogP) is 7.96. The first-order valence-corrected chi connectivity index (χ1v) is 12.9. The average molecular weight is 463 g/mol. The summed E-state index contributed by atoms with van der Waals surface area (Å²) >= 11 is 0. The molecule has 0 bridgehead atoms. The number of hydrogen-bond donors (Lipinski definition) is 0. The standard InChI is InChI=1S/C31H36F2O/c1-3-5-6-7-23-10-8-22(18-30(23)32)9-11-24-12-13-28(21-31(24)33)25-14-15-27-20-29(34-4-2)17-16-26(27)19-25/h3,5,8,10,12-13,18,21,25-27,29H,4,6-7,14-17,19-20H2,1-2H3/b5-3+. The predicted molar refractivity (Wildman–Crippen MR) is 135 cm³/mol. The number of aryl methyl sites for hydroxylation is 1. The molecule has 0 saturated heterocycles. The SMILES string of the molecule is C/C=C/CCc1ccc(C#Cc2ccc(C3CCC4CC(OCC)CCC4C3)cc2F)cc1F. The molecule has 2 fully saturated rings. The van der Waals surface area contributed by atoms with Crippen molar-refractivity contribution in [3.05, 3.63) is 82.4 Å². The van der Waals surface area contributed by atoms with Gasteiger partial charge in [0, 0.05) is 12.2 Å². The van der Waals surface area contributed by atoms with Crippen LogP contribution < -0.4 is 0 Å². The summed E-state index contributed by atoms with van der Waals surface area (Å²) in [4.78, 5) is 0. The molecule has 2 saturated carbocycles. The highest BCUT2D eigenvalue weighted by Gasteiger charge is 2.36. The normalized spacial score (nSPS) is 24.5. The van der Waals surface area contributed by atoms with Crippen LogP contribution in [-0.4, -0.2) is 12.7 Å². The van der Waals surface area contributed by atoms with Gasteiger partial charge >= 0.3 is 0 Å². The van der Waals surface area contributed by atoms with Gasteiger partial charge < -0.3 is 4.74 Å². The Morgan fingerprint density at radius 3 is 2.53 bits per heavy atom. The lowest BCUT2D eigenvalue weighted by molar-refractivity contribution is -0.00956. The van der Waals surface area contributed by atoms with Gasteiger partial charge in [0.25, 0.3) is 0 Å². The molecule has 0 radical (unpaired) electrons. The minimum absolute atomic E-state index is 0.252. The van der Waals surface area contributed by atoms with Crippen LogP contribution >= 0.6 is 0 Å². The number of fused-ring (bicyclic) bond motifs is 1. The maximum atomic E-state index is 14.9. The summed E-state index contributed by atoms with van der Waals surface area (Å²) in [7, 11) is 0. The Bertz CT molecular complexity index is 1060. The minimum atomic E-state index is -0.282. The van der Waals surface area contributed by atoms with Crippen molar-refractivity contribution in [1.82, 2.24) is 0 Å². The zero-order valence-electron chi connectivity index (χ0n) is 20.5. The second-order valence-electron chi connectivity index (χ2n) is 9.82. The van der Waals surface area contributed by atoms with Crippen LogP contribution in [0.3, 0.4) is 0 Å². The van der Waals surface area contributed by atoms with Gasteiger partial charge in [-0.1, -0.05) is 36.1 Å². The first-order valence-electron chi connectivity index (χ1n) is 12.9. The van der Waals surface area contributed by atoms with E-state index in [1.807, 2.05) is 31.2 Å². The van der Waals surface area contributed by atoms with Crippen molar-refractivity contribution < 1.29 is 13.5 Å². The van der Waals surface area contributed by atoms with E-state index in [1.54, 1.807) is 18.2 Å². The van der Waals surface area contributed by atoms with E-state index >= 15 is 0 Å². The third-order valence-electron chi connectivity index (χ3n) is 7.64. The smallest absolute Gasteiger partial charge is 0.139 e. The number of hydrogen-bond acceptors (Lipinski definition) is 1. The molecule has 34 heavy (non-hydrogen) atoms. The highest BCUT2D eigenvalue weighted by atomic mass is 19.1. The van der Waals surface area contributed by atoms with Crippen LogP contribution in [0.5, 0.6) is 0 Å². The van der Waals surface area contributed by atoms with Crippen molar-refractivity contribution in [2.75, 3.05) is 6.61 Å². The van der Waals surface area contributed by atoms with Gasteiger partial charge in [-0.2, -0.15) is 0 Å². The van der Waals surface area contributed by atoms with Crippen LogP contribution in [0.25, 0.3) is 0 Å². The zero-order chi connectivity index (χ0) is 23.9. The highest BCUT2D eigenvalue weighted by molar-refractivity contribution is 5.45. The van der Waals surface area contributed by atoms with Gasteiger partial charge in [-0.3, -0.25) is 0 Å². The molecule has 0 heterocycles. The fourth-order valence-electron chi connectivity index (χ4n) is 5.80. The van der Waals surface area contributed by atoms with E-state index in [0.29, 0.717) is 35.1 Å². The number of rotatable bonds is 6. The molecule has 2 aliphatic rings. The lowest BCUT2D eigenvalue weighted by atomic mass is 9.65. The van der Waals surface area contributed by atoms with E-state index < -0.39 is 0 Å². The molecule has 4 atom stereocenters. The zero-order valence-corrected chi connectivity index (χ0v) is 20.5. The molecule has 1 nitrogen and oxygen atoms in total. The van der Waals surface area contributed by atoms with Crippen LogP contribution in [0.15, 0.2) is 48.6 Å². The molecule has 4 rings (SSSR count). The van der Waals surface area contributed by atoms with E-state index in [4.69, 9.17) is 4.74 Å². The number of allylic oxidation sites excluding steroid dienone is 2. The van der Waals surface area contributed by atoms with E-state index in [-0.39, 0.29) is 11.6 Å². The average Bonchev–Trinajstić information content (AvgIpc) is 2.84. The Morgan fingerprint density at radius 1 is 0.941 bits per heavy atom. The molecule has 2 aromatic carbocycles. The molecule has 0 spiro atoms. The van der Waals surface area contributed by atoms with Gasteiger partial charge in [0.15, 0.2) is 0 Å². The topological polar surface area (TPSA) is 9.23 Å². The van der Waals surface area contributed by atoms with E-state index in [0.717, 1.165) is 49.7 Å². The molecule has 4 unspecified atom stereocenters. The molecule has 0 aliphatic heterocycles. The van der Waals surface area contributed by atoms with Gasteiger partial charge in [-0.15, -0.1) is 0 Å². The van der Waals surface area contributed by atoms with E-state index in [2.05, 4.69) is 18.8 Å². The first kappa shape index (κ1) is 24.7. The molecular weight excluding hydrogens is 426 g/mol. The van der Waals surface area contributed by atoms with E-state index in [1.165, 1.54) is 25.3 Å². The summed E-state index contributed by atoms with van der Waals surface area (Å²) in [6.45, 7) is 4.84. The summed E-state index contributed by atoms with van der Waals surface area (Å²) in [6.07, 6.45) is 12.9. The highest BCUT2D eigenvalue weighted by Crippen LogP contribution is 2.46. The lowest BCUT2D eigenvalue weighted by Crippen LogP contribution is -2.33. The molecule has 2 aromatic rings. The Labute approximate surface area is 203 Å². The Hall–Kier alpha value is -2.44. The quantitative estimate of drug-likeness (QED) is 0.312. The van der Waals surface area contributed by atoms with E-state index in [9.17, 15) is 8.78 Å². The van der Waals surface area contributed by atoms with Crippen LogP contribution in [0.2, 0.25) is 0 Å². The van der Waals surface area contributed by atoms with Crippen molar-refractivity contribution >= 4 is 0 Å². The maximum absolute atomic E-state index is 14.9. The monoisotopic (exact) mass is 462 g/mol. The Morgan fingerprint density at radius 2 is 1.76 bits per heavy atom. The molecule has 0 aromatic heterocycles. The Kier molecular flexibility index (Phi) is 8.57. The molecule has 0 amide bonds. The van der Waals surface area contributed by atoms with Crippen molar-refractivity contribution in [1.29, 1.82) is 0 Å². The summed E-state index contributed by atoms with van der Waals surface area (Å²) in [5.41, 5.74) is 2.70. The van der Waals surface area contributed by atoms with Crippen molar-refractivity contribution in [2.45, 2.75) is 77.2 Å². The second-order valence-corrected chi connectivity index (χ2v) is 9.82. The fourth-order valence-corrected chi connectivity index (χ4v) is 5.80. The largest absolute Gasteiger partial charge is 0.378 e. The number of ether oxygens (including phenoxy) is 1. The molecular formula is C31H36F2O. The third kappa shape index (κ3) is 6.16. The lowest BCUT2D eigenvalue weighted by Gasteiger charge is -2.42. The van der Waals surface area contributed by atoms with Gasteiger partial charge in [0.1, 0.15) is 11.6 Å². The van der Waals surface area contributed by atoms with Crippen LogP contribution in [0.1, 0.15) is 87.0 Å². The van der Waals surface area contributed by atoms with Crippen LogP contribution in [-0.2, 0) is 11.2 Å². The van der Waals surface area contributed by atoms with Gasteiger partial charge in [0.05, 0.1) is 11.7 Å². The summed E-state index contributed by atoms with van der Waals surface area (Å²) in [6, 6.07) is 10.5. The second kappa shape index (κ2) is 11.8. The third-order valence-corrected chi connectivity index (χ3v) is 7.64. The fraction of sp³-hybridized carbons (Fsp3) is 0.484. The Balaban J connectivity index is 1.39. The van der Waals surface area contributed by atoms with Crippen molar-refractivity contribution in [3.63, 3.8) is 0 Å². The molecule has 2 aliphatic carbocycles. The van der Waals surface area contributed by atoms with Crippen LogP contribution in [0.4, 0.5) is 8.78 Å². The maximum Gasteiger partial charge on any atom is 0.139 e.